The number of thioether (sulfide) groups is 2. The van der Waals surface area contributed by atoms with Crippen LogP contribution in [0.25, 0.3) is 0 Å². The molecule has 1 fully saturated rings. The molecule has 1 aromatic carbocycles. The second-order valence-electron chi connectivity index (χ2n) is 5.22. The summed E-state index contributed by atoms with van der Waals surface area (Å²) in [4.78, 5) is 0. The van der Waals surface area contributed by atoms with E-state index in [9.17, 15) is 13.2 Å². The summed E-state index contributed by atoms with van der Waals surface area (Å²) < 4.78 is 40.7. The minimum atomic E-state index is -1.38. The minimum Gasteiger partial charge on any atom is -0.309 e. The lowest BCUT2D eigenvalue weighted by Gasteiger charge is -2.36. The largest absolute Gasteiger partial charge is 0.309 e. The Morgan fingerprint density at radius 2 is 1.90 bits per heavy atom. The van der Waals surface area contributed by atoms with E-state index in [0.29, 0.717) is 17.0 Å². The van der Waals surface area contributed by atoms with E-state index in [4.69, 9.17) is 0 Å². The number of halogens is 3. The zero-order valence-corrected chi connectivity index (χ0v) is 14.0. The van der Waals surface area contributed by atoms with Gasteiger partial charge in [0.25, 0.3) is 0 Å². The fourth-order valence-electron chi connectivity index (χ4n) is 2.43. The van der Waals surface area contributed by atoms with Crippen LogP contribution in [-0.4, -0.2) is 28.0 Å². The number of nitrogens with one attached hydrogen (secondary N) is 1. The van der Waals surface area contributed by atoms with Gasteiger partial charge in [-0.3, -0.25) is 0 Å². The van der Waals surface area contributed by atoms with Crippen molar-refractivity contribution in [2.75, 3.05) is 12.3 Å². The van der Waals surface area contributed by atoms with Crippen LogP contribution in [0.3, 0.4) is 0 Å². The molecule has 4 unspecified atom stereocenters. The number of rotatable bonds is 4. The smallest absolute Gasteiger partial charge is 0.194 e. The third-order valence-electron chi connectivity index (χ3n) is 3.77. The molecule has 0 aliphatic carbocycles. The van der Waals surface area contributed by atoms with Crippen molar-refractivity contribution in [1.82, 2.24) is 5.32 Å². The summed E-state index contributed by atoms with van der Waals surface area (Å²) in [7, 11) is 0. The molecular weight excluding hydrogens is 315 g/mol. The highest BCUT2D eigenvalue weighted by atomic mass is 32.2. The van der Waals surface area contributed by atoms with Gasteiger partial charge in [-0.2, -0.15) is 23.5 Å². The van der Waals surface area contributed by atoms with Crippen molar-refractivity contribution >= 4 is 23.5 Å². The van der Waals surface area contributed by atoms with Gasteiger partial charge >= 0.3 is 0 Å². The number of benzene rings is 1. The quantitative estimate of drug-likeness (QED) is 0.820. The van der Waals surface area contributed by atoms with Crippen molar-refractivity contribution in [3.8, 4) is 0 Å². The molecular formula is C15H20F3NS2. The van der Waals surface area contributed by atoms with Gasteiger partial charge in [0.05, 0.1) is 0 Å². The number of hydrogen-bond acceptors (Lipinski definition) is 3. The molecule has 1 N–H and O–H groups in total. The van der Waals surface area contributed by atoms with Crippen LogP contribution in [0.2, 0.25) is 0 Å². The van der Waals surface area contributed by atoms with Gasteiger partial charge in [-0.05, 0) is 12.6 Å². The van der Waals surface area contributed by atoms with E-state index in [-0.39, 0.29) is 16.9 Å². The van der Waals surface area contributed by atoms with Crippen LogP contribution in [0.4, 0.5) is 13.2 Å². The Labute approximate surface area is 132 Å². The molecule has 1 nitrogen and oxygen atoms in total. The van der Waals surface area contributed by atoms with Gasteiger partial charge in [-0.25, -0.2) is 13.2 Å². The molecule has 0 spiro atoms. The summed E-state index contributed by atoms with van der Waals surface area (Å²) in [5.74, 6) is -2.73. The highest BCUT2D eigenvalue weighted by Gasteiger charge is 2.33. The molecule has 2 rings (SSSR count). The first-order chi connectivity index (χ1) is 9.95. The van der Waals surface area contributed by atoms with Gasteiger partial charge in [0.15, 0.2) is 17.5 Å². The third kappa shape index (κ3) is 3.71. The van der Waals surface area contributed by atoms with Crippen molar-refractivity contribution in [2.24, 2.45) is 0 Å². The SMILES string of the molecule is CCNC(c1ccc(F)c(F)c1F)C1CSC(C)C(C)S1. The number of hydrogen-bond donors (Lipinski definition) is 1. The molecule has 1 aliphatic heterocycles. The predicted octanol–water partition coefficient (Wildman–Crippen LogP) is 4.38. The average molecular weight is 335 g/mol. The summed E-state index contributed by atoms with van der Waals surface area (Å²) in [6, 6.07) is 2.05. The first kappa shape index (κ1) is 17.0. The molecule has 21 heavy (non-hydrogen) atoms. The van der Waals surface area contributed by atoms with Gasteiger partial charge in [0.2, 0.25) is 0 Å². The van der Waals surface area contributed by atoms with Gasteiger partial charge < -0.3 is 5.32 Å². The standard InChI is InChI=1S/C15H20F3NS2/c1-4-19-15(12-7-20-8(2)9(3)21-12)10-5-6-11(16)14(18)13(10)17/h5-6,8-9,12,15,19H,4,7H2,1-3H3. The fourth-order valence-corrected chi connectivity index (χ4v) is 5.53. The normalized spacial score (nSPS) is 27.6. The van der Waals surface area contributed by atoms with E-state index >= 15 is 0 Å². The van der Waals surface area contributed by atoms with E-state index in [1.54, 1.807) is 11.8 Å². The molecule has 0 saturated carbocycles. The van der Waals surface area contributed by atoms with Crippen LogP contribution >= 0.6 is 23.5 Å². The van der Waals surface area contributed by atoms with Crippen LogP contribution < -0.4 is 5.32 Å². The maximum atomic E-state index is 14.1. The maximum Gasteiger partial charge on any atom is 0.194 e. The fraction of sp³-hybridized carbons (Fsp3) is 0.600. The van der Waals surface area contributed by atoms with Crippen LogP contribution in [-0.2, 0) is 0 Å². The van der Waals surface area contributed by atoms with E-state index in [1.165, 1.54) is 6.07 Å². The van der Waals surface area contributed by atoms with Gasteiger partial charge in [-0.1, -0.05) is 26.8 Å². The molecule has 1 aliphatic rings. The van der Waals surface area contributed by atoms with E-state index in [0.717, 1.165) is 11.8 Å². The summed E-state index contributed by atoms with van der Waals surface area (Å²) >= 11 is 3.64. The van der Waals surface area contributed by atoms with Gasteiger partial charge in [0.1, 0.15) is 0 Å². The molecule has 1 aromatic rings. The average Bonchev–Trinajstić information content (AvgIpc) is 2.46. The molecule has 1 saturated heterocycles. The summed E-state index contributed by atoms with van der Waals surface area (Å²) in [5, 5.41) is 4.36. The molecule has 0 bridgehead atoms. The maximum absolute atomic E-state index is 14.1. The van der Waals surface area contributed by atoms with Crippen molar-refractivity contribution in [1.29, 1.82) is 0 Å². The Bertz CT molecular complexity index is 498. The highest BCUT2D eigenvalue weighted by Crippen LogP contribution is 2.41. The zero-order valence-electron chi connectivity index (χ0n) is 12.3. The van der Waals surface area contributed by atoms with Crippen molar-refractivity contribution in [3.63, 3.8) is 0 Å². The van der Waals surface area contributed by atoms with Crippen molar-refractivity contribution < 1.29 is 13.2 Å². The van der Waals surface area contributed by atoms with Crippen LogP contribution in [0.15, 0.2) is 12.1 Å². The molecule has 4 atom stereocenters. The van der Waals surface area contributed by atoms with Crippen molar-refractivity contribution in [3.05, 3.63) is 35.1 Å². The highest BCUT2D eigenvalue weighted by molar-refractivity contribution is 8.07. The first-order valence-electron chi connectivity index (χ1n) is 7.09. The predicted molar refractivity (Wildman–Crippen MR) is 85.5 cm³/mol. The summed E-state index contributed by atoms with van der Waals surface area (Å²) in [6.45, 7) is 6.91. The first-order valence-corrected chi connectivity index (χ1v) is 9.08. The molecule has 0 aromatic heterocycles. The van der Waals surface area contributed by atoms with Crippen LogP contribution in [0.5, 0.6) is 0 Å². The van der Waals surface area contributed by atoms with Gasteiger partial charge in [0, 0.05) is 33.1 Å². The van der Waals surface area contributed by atoms with Crippen LogP contribution in [0.1, 0.15) is 32.4 Å². The Morgan fingerprint density at radius 1 is 1.19 bits per heavy atom. The van der Waals surface area contributed by atoms with Crippen LogP contribution in [0, 0.1) is 17.5 Å². The van der Waals surface area contributed by atoms with Gasteiger partial charge in [-0.15, -0.1) is 0 Å². The van der Waals surface area contributed by atoms with Crippen molar-refractivity contribution in [2.45, 2.75) is 42.6 Å². The summed E-state index contributed by atoms with van der Waals surface area (Å²) in [5.41, 5.74) is 0.218. The molecule has 0 radical (unpaired) electrons. The monoisotopic (exact) mass is 335 g/mol. The third-order valence-corrected chi connectivity index (χ3v) is 7.26. The van der Waals surface area contributed by atoms with E-state index in [1.807, 2.05) is 18.7 Å². The molecule has 118 valence electrons. The van der Waals surface area contributed by atoms with E-state index in [2.05, 4.69) is 19.2 Å². The Kier molecular flexibility index (Phi) is 5.91. The minimum absolute atomic E-state index is 0.139. The molecule has 6 heteroatoms. The lowest BCUT2D eigenvalue weighted by atomic mass is 10.0. The molecule has 1 heterocycles. The Balaban J connectivity index is 2.29. The Morgan fingerprint density at radius 3 is 2.52 bits per heavy atom. The lowest BCUT2D eigenvalue weighted by Crippen LogP contribution is -2.37. The molecule has 0 amide bonds. The topological polar surface area (TPSA) is 12.0 Å². The summed E-state index contributed by atoms with van der Waals surface area (Å²) in [6.07, 6.45) is 0. The second-order valence-corrected chi connectivity index (χ2v) is 8.25. The Hall–Kier alpha value is -0.330. The second kappa shape index (κ2) is 7.29. The van der Waals surface area contributed by atoms with E-state index < -0.39 is 17.5 Å². The lowest BCUT2D eigenvalue weighted by molar-refractivity contribution is 0.425. The zero-order chi connectivity index (χ0) is 15.6.